The molecule has 0 amide bonds. The minimum Gasteiger partial charge on any atom is -0.493 e. The average Bonchev–Trinajstić information content (AvgIpc) is 3.40. The molecule has 5 rings (SSSR count). The van der Waals surface area contributed by atoms with Crippen molar-refractivity contribution in [2.75, 3.05) is 6.61 Å². The summed E-state index contributed by atoms with van der Waals surface area (Å²) >= 11 is 1.13. The molecule has 7 nitrogen and oxygen atoms in total. The van der Waals surface area contributed by atoms with Crippen LogP contribution in [0, 0.1) is 0 Å². The molecule has 0 spiro atoms. The molecule has 11 heteroatoms. The topological polar surface area (TPSA) is 81.5 Å². The molecule has 0 fully saturated rings. The highest BCUT2D eigenvalue weighted by Gasteiger charge is 2.32. The second kappa shape index (κ2) is 6.69. The number of rotatable bonds is 3. The summed E-state index contributed by atoms with van der Waals surface area (Å²) in [6, 6.07) is 5.76. The quantitative estimate of drug-likeness (QED) is 0.545. The zero-order valence-corrected chi connectivity index (χ0v) is 15.6. The third-order valence-electron chi connectivity index (χ3n) is 4.61. The number of nitrogens with zero attached hydrogens (tertiary/aromatic N) is 5. The van der Waals surface area contributed by atoms with Crippen molar-refractivity contribution in [1.82, 2.24) is 29.3 Å². The zero-order valence-electron chi connectivity index (χ0n) is 14.8. The number of benzene rings is 1. The number of ether oxygens (including phenoxy) is 1. The van der Waals surface area contributed by atoms with Gasteiger partial charge in [0.15, 0.2) is 5.82 Å². The van der Waals surface area contributed by atoms with Crippen molar-refractivity contribution in [2.24, 2.45) is 0 Å². The third-order valence-corrected chi connectivity index (χ3v) is 5.50. The summed E-state index contributed by atoms with van der Waals surface area (Å²) in [6.45, 7) is -0.816. The fourth-order valence-electron chi connectivity index (χ4n) is 3.34. The van der Waals surface area contributed by atoms with Gasteiger partial charge in [-0.1, -0.05) is 6.07 Å². The predicted molar refractivity (Wildman–Crippen MR) is 99.4 cm³/mol. The summed E-state index contributed by atoms with van der Waals surface area (Å²) in [5.74, 6) is 0.843. The van der Waals surface area contributed by atoms with Crippen LogP contribution < -0.4 is 4.74 Å². The first-order chi connectivity index (χ1) is 14.0. The first-order valence-electron chi connectivity index (χ1n) is 8.69. The largest absolute Gasteiger partial charge is 0.493 e. The second-order valence-corrected chi connectivity index (χ2v) is 7.27. The minimum absolute atomic E-state index is 0.166. The molecule has 0 saturated carbocycles. The van der Waals surface area contributed by atoms with Crippen LogP contribution in [-0.4, -0.2) is 42.1 Å². The summed E-state index contributed by atoms with van der Waals surface area (Å²) in [5, 5.41) is 10.5. The summed E-state index contributed by atoms with van der Waals surface area (Å²) in [4.78, 5) is 4.64. The molecule has 1 aliphatic rings. The van der Waals surface area contributed by atoms with Gasteiger partial charge in [0.1, 0.15) is 18.6 Å². The lowest BCUT2D eigenvalue weighted by Crippen LogP contribution is -2.19. The number of fused-ring (bicyclic) bond motifs is 3. The van der Waals surface area contributed by atoms with E-state index in [9.17, 15) is 13.2 Å². The van der Waals surface area contributed by atoms with Crippen LogP contribution in [0.2, 0.25) is 0 Å². The highest BCUT2D eigenvalue weighted by Crippen LogP contribution is 2.42. The van der Waals surface area contributed by atoms with E-state index in [1.165, 1.54) is 0 Å². The predicted octanol–water partition coefficient (Wildman–Crippen LogP) is 3.96. The standard InChI is InChI=1S/C18H13F3N6OS/c19-18(20,21)8-27-17(22-9-25-27)16-13-3-4-28-14-5-10(11-6-23-24-7-11)1-2-12(14)15(13)26-29-16/h1-2,5-7,9H,3-4,8H2,(H,23,24). The Morgan fingerprint density at radius 2 is 2.14 bits per heavy atom. The summed E-state index contributed by atoms with van der Waals surface area (Å²) in [7, 11) is 0. The number of alkyl halides is 3. The molecular weight excluding hydrogens is 405 g/mol. The lowest BCUT2D eigenvalue weighted by molar-refractivity contribution is -0.142. The van der Waals surface area contributed by atoms with E-state index in [-0.39, 0.29) is 5.82 Å². The maximum atomic E-state index is 12.9. The monoisotopic (exact) mass is 418 g/mol. The molecule has 0 saturated heterocycles. The highest BCUT2D eigenvalue weighted by atomic mass is 32.1. The Kier molecular flexibility index (Phi) is 4.12. The number of aromatic nitrogens is 6. The van der Waals surface area contributed by atoms with E-state index >= 15 is 0 Å². The Morgan fingerprint density at radius 1 is 1.24 bits per heavy atom. The van der Waals surface area contributed by atoms with Crippen LogP contribution in [0.25, 0.3) is 33.1 Å². The van der Waals surface area contributed by atoms with Gasteiger partial charge in [0.2, 0.25) is 0 Å². The lowest BCUT2D eigenvalue weighted by atomic mass is 10.0. The third kappa shape index (κ3) is 3.27. The molecule has 0 radical (unpaired) electrons. The van der Waals surface area contributed by atoms with Crippen molar-refractivity contribution in [3.8, 4) is 38.8 Å². The molecule has 1 aromatic carbocycles. The van der Waals surface area contributed by atoms with Crippen LogP contribution in [0.15, 0.2) is 36.9 Å². The Bertz CT molecular complexity index is 1160. The first-order valence-corrected chi connectivity index (χ1v) is 9.47. The molecular formula is C18H13F3N6OS. The smallest absolute Gasteiger partial charge is 0.408 e. The normalized spacial score (nSPS) is 13.5. The van der Waals surface area contributed by atoms with Gasteiger partial charge >= 0.3 is 6.18 Å². The van der Waals surface area contributed by atoms with Crippen molar-refractivity contribution >= 4 is 11.5 Å². The molecule has 1 N–H and O–H groups in total. The lowest BCUT2D eigenvalue weighted by Gasteiger charge is -2.09. The van der Waals surface area contributed by atoms with Crippen LogP contribution in [0.5, 0.6) is 5.75 Å². The molecule has 0 bridgehead atoms. The van der Waals surface area contributed by atoms with Crippen molar-refractivity contribution in [3.05, 3.63) is 42.5 Å². The molecule has 0 unspecified atom stereocenters. The van der Waals surface area contributed by atoms with Gasteiger partial charge in [-0.2, -0.15) is 27.7 Å². The highest BCUT2D eigenvalue weighted by molar-refractivity contribution is 7.10. The van der Waals surface area contributed by atoms with Gasteiger partial charge in [0, 0.05) is 29.3 Å². The van der Waals surface area contributed by atoms with E-state index in [0.717, 1.165) is 44.8 Å². The van der Waals surface area contributed by atoms with E-state index in [1.807, 2.05) is 18.2 Å². The summed E-state index contributed by atoms with van der Waals surface area (Å²) in [6.07, 6.45) is 0.765. The maximum absolute atomic E-state index is 12.9. The Balaban J connectivity index is 1.57. The van der Waals surface area contributed by atoms with Crippen LogP contribution in [0.4, 0.5) is 13.2 Å². The Morgan fingerprint density at radius 3 is 2.93 bits per heavy atom. The molecule has 0 aliphatic carbocycles. The van der Waals surface area contributed by atoms with Gasteiger partial charge in [-0.3, -0.25) is 5.10 Å². The van der Waals surface area contributed by atoms with E-state index < -0.39 is 12.7 Å². The molecule has 1 aliphatic heterocycles. The Hall–Kier alpha value is -3.21. The maximum Gasteiger partial charge on any atom is 0.408 e. The van der Waals surface area contributed by atoms with Gasteiger partial charge in [0.05, 0.1) is 23.4 Å². The van der Waals surface area contributed by atoms with E-state index in [0.29, 0.717) is 29.3 Å². The van der Waals surface area contributed by atoms with E-state index in [1.54, 1.807) is 12.4 Å². The molecule has 3 aromatic heterocycles. The van der Waals surface area contributed by atoms with Crippen LogP contribution in [0.1, 0.15) is 5.56 Å². The fourth-order valence-corrected chi connectivity index (χ4v) is 4.28. The van der Waals surface area contributed by atoms with Crippen molar-refractivity contribution in [3.63, 3.8) is 0 Å². The number of nitrogens with one attached hydrogen (secondary N) is 1. The molecule has 4 aromatic rings. The van der Waals surface area contributed by atoms with Crippen molar-refractivity contribution in [1.29, 1.82) is 0 Å². The molecule has 4 heterocycles. The number of hydrogen-bond acceptors (Lipinski definition) is 6. The molecule has 148 valence electrons. The number of H-pyrrole nitrogens is 1. The van der Waals surface area contributed by atoms with Gasteiger partial charge < -0.3 is 4.74 Å². The first kappa shape index (κ1) is 17.9. The van der Waals surface area contributed by atoms with E-state index in [4.69, 9.17) is 4.74 Å². The van der Waals surface area contributed by atoms with Gasteiger partial charge in [-0.05, 0) is 29.2 Å². The summed E-state index contributed by atoms with van der Waals surface area (Å²) in [5.41, 5.74) is 4.20. The number of halogens is 3. The van der Waals surface area contributed by atoms with Crippen LogP contribution in [0.3, 0.4) is 0 Å². The van der Waals surface area contributed by atoms with Gasteiger partial charge in [-0.25, -0.2) is 9.67 Å². The van der Waals surface area contributed by atoms with E-state index in [2.05, 4.69) is 24.7 Å². The van der Waals surface area contributed by atoms with Crippen molar-refractivity contribution < 1.29 is 17.9 Å². The SMILES string of the molecule is FC(F)(F)Cn1ncnc1-c1snc2c1CCOc1cc(-c3cn[nH]c3)ccc1-2. The van der Waals surface area contributed by atoms with Crippen LogP contribution in [-0.2, 0) is 13.0 Å². The number of hydrogen-bond donors (Lipinski definition) is 1. The van der Waals surface area contributed by atoms with Crippen molar-refractivity contribution in [2.45, 2.75) is 19.1 Å². The number of aromatic amines is 1. The Labute approximate surface area is 166 Å². The van der Waals surface area contributed by atoms with Gasteiger partial charge in [-0.15, -0.1) is 0 Å². The molecule has 0 atom stereocenters. The zero-order chi connectivity index (χ0) is 20.0. The van der Waals surface area contributed by atoms with Crippen LogP contribution >= 0.6 is 11.5 Å². The van der Waals surface area contributed by atoms with Gasteiger partial charge in [0.25, 0.3) is 0 Å². The average molecular weight is 418 g/mol. The second-order valence-electron chi connectivity index (χ2n) is 6.49. The minimum atomic E-state index is -4.39. The fraction of sp³-hybridized carbons (Fsp3) is 0.222. The molecule has 29 heavy (non-hydrogen) atoms. The summed E-state index contributed by atoms with van der Waals surface area (Å²) < 4.78 is 49.9.